The highest BCUT2D eigenvalue weighted by atomic mass is 16.5. The molecule has 0 unspecified atom stereocenters. The van der Waals surface area contributed by atoms with Gasteiger partial charge in [0.25, 0.3) is 5.91 Å². The van der Waals surface area contributed by atoms with E-state index in [1.807, 2.05) is 12.1 Å². The summed E-state index contributed by atoms with van der Waals surface area (Å²) in [6.45, 7) is 2.82. The van der Waals surface area contributed by atoms with Crippen LogP contribution in [0.1, 0.15) is 37.4 Å². The number of nitrogens with one attached hydrogen (secondary N) is 2. The summed E-state index contributed by atoms with van der Waals surface area (Å²) in [5.74, 6) is -1.40. The van der Waals surface area contributed by atoms with Crippen LogP contribution in [0.25, 0.3) is 0 Å². The zero-order valence-electron chi connectivity index (χ0n) is 15.6. The molecule has 0 fully saturated rings. The van der Waals surface area contributed by atoms with Crippen LogP contribution in [0.3, 0.4) is 0 Å². The summed E-state index contributed by atoms with van der Waals surface area (Å²) in [5.41, 5.74) is 1.61. The molecular weight excluding hydrogens is 358 g/mol. The maximum absolute atomic E-state index is 12.3. The lowest BCUT2D eigenvalue weighted by Crippen LogP contribution is -2.33. The lowest BCUT2D eigenvalue weighted by molar-refractivity contribution is -0.153. The van der Waals surface area contributed by atoms with Crippen molar-refractivity contribution in [3.8, 4) is 6.07 Å². The van der Waals surface area contributed by atoms with Crippen LogP contribution < -0.4 is 10.6 Å². The van der Waals surface area contributed by atoms with Crippen molar-refractivity contribution >= 4 is 23.5 Å². The van der Waals surface area contributed by atoms with Crippen molar-refractivity contribution in [1.29, 1.82) is 5.26 Å². The molecule has 7 nitrogen and oxygen atoms in total. The first-order valence-electron chi connectivity index (χ1n) is 8.71. The highest BCUT2D eigenvalue weighted by Crippen LogP contribution is 2.18. The Kier molecular flexibility index (Phi) is 7.28. The van der Waals surface area contributed by atoms with Crippen LogP contribution >= 0.6 is 0 Å². The molecule has 7 heteroatoms. The summed E-state index contributed by atoms with van der Waals surface area (Å²) in [7, 11) is 0. The van der Waals surface area contributed by atoms with Crippen LogP contribution in [-0.4, -0.2) is 23.9 Å². The van der Waals surface area contributed by atoms with E-state index in [1.165, 1.54) is 19.9 Å². The Labute approximate surface area is 163 Å². The molecule has 144 valence electrons. The van der Waals surface area contributed by atoms with Gasteiger partial charge in [0.2, 0.25) is 5.91 Å². The maximum atomic E-state index is 12.3. The monoisotopic (exact) mass is 379 g/mol. The van der Waals surface area contributed by atoms with Crippen LogP contribution in [0.4, 0.5) is 5.69 Å². The summed E-state index contributed by atoms with van der Waals surface area (Å²) >= 11 is 0. The van der Waals surface area contributed by atoms with Gasteiger partial charge >= 0.3 is 5.97 Å². The van der Waals surface area contributed by atoms with Gasteiger partial charge in [-0.25, -0.2) is 0 Å². The van der Waals surface area contributed by atoms with E-state index >= 15 is 0 Å². The van der Waals surface area contributed by atoms with Crippen molar-refractivity contribution in [2.45, 2.75) is 32.4 Å². The van der Waals surface area contributed by atoms with Gasteiger partial charge in [-0.2, -0.15) is 5.26 Å². The quantitative estimate of drug-likeness (QED) is 0.719. The molecule has 0 radical (unpaired) electrons. The van der Waals surface area contributed by atoms with E-state index in [0.717, 1.165) is 5.56 Å². The van der Waals surface area contributed by atoms with E-state index in [9.17, 15) is 14.4 Å². The Bertz CT molecular complexity index is 890. The molecule has 0 aliphatic heterocycles. The van der Waals surface area contributed by atoms with E-state index in [1.54, 1.807) is 42.5 Å². The summed E-state index contributed by atoms with van der Waals surface area (Å²) in [5, 5.41) is 14.2. The fourth-order valence-electron chi connectivity index (χ4n) is 2.56. The number of esters is 1. The SMILES string of the molecule is CC(=O)N[C@@H](CC(=O)O[C@H](C)C(=O)Nc1cccc(C#N)c1)c1ccccc1. The first-order valence-corrected chi connectivity index (χ1v) is 8.71. The van der Waals surface area contributed by atoms with Crippen molar-refractivity contribution in [1.82, 2.24) is 5.32 Å². The third kappa shape index (κ3) is 6.25. The number of rotatable bonds is 7. The van der Waals surface area contributed by atoms with E-state index in [0.29, 0.717) is 11.3 Å². The molecule has 0 saturated carbocycles. The number of carbonyl (C=O) groups is 3. The smallest absolute Gasteiger partial charge is 0.309 e. The average molecular weight is 379 g/mol. The molecule has 2 N–H and O–H groups in total. The average Bonchev–Trinajstić information content (AvgIpc) is 2.67. The Morgan fingerprint density at radius 2 is 1.82 bits per heavy atom. The first kappa shape index (κ1) is 20.6. The van der Waals surface area contributed by atoms with E-state index < -0.39 is 24.0 Å². The third-order valence-corrected chi connectivity index (χ3v) is 3.89. The number of hydrogen-bond acceptors (Lipinski definition) is 5. The lowest BCUT2D eigenvalue weighted by Gasteiger charge is -2.19. The Morgan fingerprint density at radius 1 is 1.11 bits per heavy atom. The van der Waals surface area contributed by atoms with Crippen LogP contribution in [0.5, 0.6) is 0 Å². The standard InChI is InChI=1S/C21H21N3O4/c1-14(21(27)24-18-10-6-7-16(11-18)13-22)28-20(26)12-19(23-15(2)25)17-8-4-3-5-9-17/h3-11,14,19H,12H2,1-2H3,(H,23,25)(H,24,27)/t14-,19+/m1/s1. The van der Waals surface area contributed by atoms with E-state index in [-0.39, 0.29) is 12.3 Å². The summed E-state index contributed by atoms with van der Waals surface area (Å²) in [6.07, 6.45) is -1.14. The molecule has 0 saturated heterocycles. The van der Waals surface area contributed by atoms with Crippen molar-refractivity contribution in [3.05, 3.63) is 65.7 Å². The number of anilines is 1. The van der Waals surface area contributed by atoms with Gasteiger partial charge in [-0.1, -0.05) is 36.4 Å². The van der Waals surface area contributed by atoms with Crippen LogP contribution in [0, 0.1) is 11.3 Å². The Hall–Kier alpha value is -3.66. The lowest BCUT2D eigenvalue weighted by atomic mass is 10.0. The van der Waals surface area contributed by atoms with Gasteiger partial charge in [0.15, 0.2) is 6.10 Å². The molecule has 0 aliphatic carbocycles. The number of nitrogens with zero attached hydrogens (tertiary/aromatic N) is 1. The van der Waals surface area contributed by atoms with Crippen molar-refractivity contribution in [3.63, 3.8) is 0 Å². The number of benzene rings is 2. The molecule has 2 amide bonds. The second-order valence-corrected chi connectivity index (χ2v) is 6.18. The van der Waals surface area contributed by atoms with Gasteiger partial charge in [0.05, 0.1) is 24.1 Å². The number of nitriles is 1. The minimum atomic E-state index is -1.04. The molecule has 0 spiro atoms. The summed E-state index contributed by atoms with van der Waals surface area (Å²) < 4.78 is 5.21. The third-order valence-electron chi connectivity index (χ3n) is 3.89. The normalized spacial score (nSPS) is 12.2. The number of hydrogen-bond donors (Lipinski definition) is 2. The maximum Gasteiger partial charge on any atom is 0.309 e. The van der Waals surface area contributed by atoms with Gasteiger partial charge in [0, 0.05) is 12.6 Å². The van der Waals surface area contributed by atoms with Crippen molar-refractivity contribution in [2.75, 3.05) is 5.32 Å². The summed E-state index contributed by atoms with van der Waals surface area (Å²) in [6, 6.07) is 16.9. The highest BCUT2D eigenvalue weighted by molar-refractivity contribution is 5.95. The van der Waals surface area contributed by atoms with Gasteiger partial charge in [0.1, 0.15) is 0 Å². The van der Waals surface area contributed by atoms with Gasteiger partial charge < -0.3 is 15.4 Å². The second kappa shape index (κ2) is 9.88. The van der Waals surface area contributed by atoms with Gasteiger partial charge in [-0.15, -0.1) is 0 Å². The Morgan fingerprint density at radius 3 is 2.46 bits per heavy atom. The predicted molar refractivity (Wildman–Crippen MR) is 103 cm³/mol. The molecule has 2 rings (SSSR count). The fourth-order valence-corrected chi connectivity index (χ4v) is 2.56. The summed E-state index contributed by atoms with van der Waals surface area (Å²) in [4.78, 5) is 36.0. The molecule has 0 heterocycles. The molecule has 0 aliphatic rings. The molecule has 2 aromatic carbocycles. The van der Waals surface area contributed by atoms with E-state index in [2.05, 4.69) is 10.6 Å². The molecule has 0 aromatic heterocycles. The fraction of sp³-hybridized carbons (Fsp3) is 0.238. The van der Waals surface area contributed by atoms with Gasteiger partial charge in [-0.3, -0.25) is 14.4 Å². The van der Waals surface area contributed by atoms with Crippen LogP contribution in [-0.2, 0) is 19.1 Å². The van der Waals surface area contributed by atoms with E-state index in [4.69, 9.17) is 10.00 Å². The molecule has 28 heavy (non-hydrogen) atoms. The van der Waals surface area contributed by atoms with Gasteiger partial charge in [-0.05, 0) is 30.7 Å². The minimum Gasteiger partial charge on any atom is -0.452 e. The number of carbonyl (C=O) groups excluding carboxylic acids is 3. The van der Waals surface area contributed by atoms with Crippen LogP contribution in [0.15, 0.2) is 54.6 Å². The van der Waals surface area contributed by atoms with Crippen molar-refractivity contribution in [2.24, 2.45) is 0 Å². The zero-order valence-corrected chi connectivity index (χ0v) is 15.6. The zero-order chi connectivity index (χ0) is 20.5. The topological polar surface area (TPSA) is 108 Å². The Balaban J connectivity index is 1.96. The second-order valence-electron chi connectivity index (χ2n) is 6.18. The molecule has 0 bridgehead atoms. The minimum absolute atomic E-state index is 0.106. The predicted octanol–water partition coefficient (Wildman–Crippen LogP) is 2.70. The van der Waals surface area contributed by atoms with Crippen molar-refractivity contribution < 1.29 is 19.1 Å². The first-order chi connectivity index (χ1) is 13.4. The molecule has 2 atom stereocenters. The number of ether oxygens (including phenoxy) is 1. The number of amides is 2. The molecular formula is C21H21N3O4. The van der Waals surface area contributed by atoms with Crippen LogP contribution in [0.2, 0.25) is 0 Å². The highest BCUT2D eigenvalue weighted by Gasteiger charge is 2.22. The molecule has 2 aromatic rings. The largest absolute Gasteiger partial charge is 0.452 e.